The first-order valence-corrected chi connectivity index (χ1v) is 34.6. The normalized spacial score (nSPS) is 16.7. The van der Waals surface area contributed by atoms with Gasteiger partial charge in [0.25, 0.3) is 0 Å². The summed E-state index contributed by atoms with van der Waals surface area (Å²) >= 11 is 0. The lowest BCUT2D eigenvalue weighted by Crippen LogP contribution is -2.60. The molecule has 0 aliphatic carbocycles. The highest BCUT2D eigenvalue weighted by Crippen LogP contribution is 2.19. The number of carboxylic acid groups (broad SMARTS) is 1. The maximum Gasteiger partial charge on any atom is 0.303 e. The van der Waals surface area contributed by atoms with Crippen LogP contribution in [0.1, 0.15) is 180 Å². The summed E-state index contributed by atoms with van der Waals surface area (Å²) in [4.78, 5) is 213. The Kier molecular flexibility index (Phi) is 41.3. The van der Waals surface area contributed by atoms with Crippen molar-refractivity contribution in [3.8, 4) is 0 Å². The van der Waals surface area contributed by atoms with Gasteiger partial charge in [0.05, 0.1) is 25.6 Å². The molecule has 0 bridgehead atoms. The van der Waals surface area contributed by atoms with Crippen LogP contribution >= 0.6 is 0 Å². The molecule has 0 aromatic carbocycles. The number of aldehydes is 1. The molecule has 0 saturated carbocycles. The van der Waals surface area contributed by atoms with E-state index in [-0.39, 0.29) is 43.6 Å². The van der Waals surface area contributed by atoms with Crippen molar-refractivity contribution in [3.05, 3.63) is 6.42 Å². The summed E-state index contributed by atoms with van der Waals surface area (Å²) in [5.74, 6) is -13.3. The fraction of sp³-hybridized carbons (Fsp3) is 0.742. The third-order valence-electron chi connectivity index (χ3n) is 16.8. The molecule has 1 heterocycles. The lowest BCUT2D eigenvalue weighted by molar-refractivity contribution is -0.140. The van der Waals surface area contributed by atoms with E-state index in [0.29, 0.717) is 70.7 Å². The third kappa shape index (κ3) is 32.9. The van der Waals surface area contributed by atoms with E-state index < -0.39 is 199 Å². The Hall–Kier alpha value is -8.36. The number of nitrogens with one attached hydrogen (secondary N) is 13. The van der Waals surface area contributed by atoms with Crippen LogP contribution in [0.15, 0.2) is 0 Å². The van der Waals surface area contributed by atoms with Crippen molar-refractivity contribution in [2.24, 2.45) is 41.1 Å². The van der Waals surface area contributed by atoms with E-state index in [9.17, 15) is 81.8 Å². The highest BCUT2D eigenvalue weighted by Gasteiger charge is 2.39. The first kappa shape index (κ1) is 88.7. The van der Waals surface area contributed by atoms with Crippen LogP contribution < -0.4 is 80.6 Å². The van der Waals surface area contributed by atoms with Gasteiger partial charge in [0.1, 0.15) is 72.7 Å². The van der Waals surface area contributed by atoms with Crippen LogP contribution in [0.2, 0.25) is 0 Å². The van der Waals surface area contributed by atoms with Crippen LogP contribution in [0.3, 0.4) is 0 Å². The van der Waals surface area contributed by atoms with Crippen LogP contribution in [0.5, 0.6) is 0 Å². The highest BCUT2D eigenvalue weighted by atomic mass is 16.4. The summed E-state index contributed by atoms with van der Waals surface area (Å²) in [6.45, 7) is 22.5. The van der Waals surface area contributed by atoms with E-state index in [2.05, 4.69) is 69.1 Å². The van der Waals surface area contributed by atoms with Gasteiger partial charge in [0, 0.05) is 13.0 Å². The maximum absolute atomic E-state index is 13.9. The third-order valence-corrected chi connectivity index (χ3v) is 16.8. The molecule has 1 aliphatic rings. The number of aliphatic carboxylic acids is 1. The zero-order valence-electron chi connectivity index (χ0n) is 60.3. The standard InChI is InChI=1S/C66H115N16O17/c1-15-38(9)31-49(84)79-53(36(5)6)64(97)77-45(23-18-20-28-68)61(94)71-40(11)56(89)70-33-51(86)82-29-21-24-48(82)63(96)73-42(13)59(92)81-55(39(10)16-2)66(99)74-43(14)58(91)80-54(37(7)8)65(98)78-47(30-35(3)4)60(93)69-32-50(85)76-46(25-26-52(87)88)62(95)72-41(12)57(90)75-44(34-83)22-17-19-27-67/h31,34-48,53-55H,15-30,32-33,67-68H2,1-14H3,(H,69,93)(H,70,89)(H,71,94)(H,72,95)(H,73,96)(H,74,99)(H,75,90)(H,76,85)(H,77,97)(H,78,98)(H,79,84)(H,80,91)(H,81,92)(H,87,88). The van der Waals surface area contributed by atoms with E-state index >= 15 is 0 Å². The molecule has 1 aliphatic heterocycles. The Morgan fingerprint density at radius 1 is 0.485 bits per heavy atom. The van der Waals surface area contributed by atoms with Gasteiger partial charge >= 0.3 is 5.97 Å². The zero-order valence-corrected chi connectivity index (χ0v) is 60.3. The number of unbranched alkanes of at least 4 members (excludes halogenated alkanes) is 2. The first-order chi connectivity index (χ1) is 46.5. The number of carbonyl (C=O) groups is 16. The predicted molar refractivity (Wildman–Crippen MR) is 366 cm³/mol. The maximum atomic E-state index is 13.9. The minimum absolute atomic E-state index is 0.0278. The molecule has 0 aromatic heterocycles. The average Bonchev–Trinajstić information content (AvgIpc) is 1.71. The lowest BCUT2D eigenvalue weighted by atomic mass is 9.97. The highest BCUT2D eigenvalue weighted by molar-refractivity contribution is 6.00. The van der Waals surface area contributed by atoms with Gasteiger partial charge in [-0.05, 0) is 135 Å². The Bertz CT molecular complexity index is 2740. The molecule has 33 heteroatoms. The second-order valence-electron chi connectivity index (χ2n) is 26.6. The summed E-state index contributed by atoms with van der Waals surface area (Å²) in [7, 11) is 0. The molecule has 18 N–H and O–H groups in total. The Morgan fingerprint density at radius 3 is 1.47 bits per heavy atom. The number of nitrogens with zero attached hydrogens (tertiary/aromatic N) is 1. The van der Waals surface area contributed by atoms with Crippen LogP contribution in [-0.4, -0.2) is 210 Å². The number of carboxylic acids is 1. The van der Waals surface area contributed by atoms with E-state index in [4.69, 9.17) is 11.5 Å². The van der Waals surface area contributed by atoms with Gasteiger partial charge in [-0.1, -0.05) is 82.1 Å². The van der Waals surface area contributed by atoms with Crippen molar-refractivity contribution in [2.75, 3.05) is 32.7 Å². The molecule has 33 nitrogen and oxygen atoms in total. The minimum atomic E-state index is -1.48. The van der Waals surface area contributed by atoms with E-state index in [1.54, 1.807) is 55.4 Å². The van der Waals surface area contributed by atoms with Crippen LogP contribution in [0, 0.1) is 36.0 Å². The first-order valence-electron chi connectivity index (χ1n) is 34.6. The lowest BCUT2D eigenvalue weighted by Gasteiger charge is -2.29. The summed E-state index contributed by atoms with van der Waals surface area (Å²) in [6, 6.07) is -14.2. The molecule has 1 fully saturated rings. The van der Waals surface area contributed by atoms with Crippen molar-refractivity contribution in [1.82, 2.24) is 74.0 Å². The molecule has 561 valence electrons. The largest absolute Gasteiger partial charge is 0.481 e. The fourth-order valence-electron chi connectivity index (χ4n) is 10.2. The molecule has 1 saturated heterocycles. The van der Waals surface area contributed by atoms with E-state index in [0.717, 1.165) is 0 Å². The van der Waals surface area contributed by atoms with Crippen LogP contribution in [0.25, 0.3) is 0 Å². The molecule has 1 rings (SSSR count). The molecule has 99 heavy (non-hydrogen) atoms. The number of rotatable bonds is 47. The van der Waals surface area contributed by atoms with Gasteiger partial charge in [-0.15, -0.1) is 0 Å². The van der Waals surface area contributed by atoms with Crippen molar-refractivity contribution in [1.29, 1.82) is 0 Å². The Morgan fingerprint density at radius 2 is 0.960 bits per heavy atom. The second-order valence-corrected chi connectivity index (χ2v) is 26.6. The number of amides is 14. The van der Waals surface area contributed by atoms with Gasteiger partial charge in [-0.2, -0.15) is 0 Å². The van der Waals surface area contributed by atoms with Gasteiger partial charge in [0.15, 0.2) is 0 Å². The van der Waals surface area contributed by atoms with Crippen LogP contribution in [-0.2, 0) is 76.7 Å². The molecular formula is C66H115N16O17. The minimum Gasteiger partial charge on any atom is -0.481 e. The summed E-state index contributed by atoms with van der Waals surface area (Å²) in [5.41, 5.74) is 11.2. The van der Waals surface area contributed by atoms with Gasteiger partial charge in [-0.25, -0.2) is 0 Å². The summed E-state index contributed by atoms with van der Waals surface area (Å²) in [5, 5.41) is 42.6. The van der Waals surface area contributed by atoms with Gasteiger partial charge in [0.2, 0.25) is 82.7 Å². The molecule has 14 unspecified atom stereocenters. The molecule has 0 aromatic rings. The number of hydrogen-bond donors (Lipinski definition) is 16. The molecule has 1 radical (unpaired) electrons. The smallest absolute Gasteiger partial charge is 0.303 e. The molecular weight excluding hydrogens is 1290 g/mol. The van der Waals surface area contributed by atoms with E-state index in [1.807, 2.05) is 13.8 Å². The van der Waals surface area contributed by atoms with Crippen LogP contribution in [0.4, 0.5) is 0 Å². The van der Waals surface area contributed by atoms with Crippen molar-refractivity contribution in [2.45, 2.75) is 253 Å². The second kappa shape index (κ2) is 46.1. The number of likely N-dealkylation sites (tertiary alicyclic amines) is 1. The van der Waals surface area contributed by atoms with Gasteiger partial charge < -0.3 is 95.4 Å². The number of carbonyl (C=O) groups excluding carboxylic acids is 15. The fourth-order valence-corrected chi connectivity index (χ4v) is 10.2. The summed E-state index contributed by atoms with van der Waals surface area (Å²) in [6.07, 6.45) is 5.49. The Labute approximate surface area is 581 Å². The average molecular weight is 1400 g/mol. The molecule has 0 spiro atoms. The van der Waals surface area contributed by atoms with E-state index in [1.165, 1.54) is 39.0 Å². The molecule has 14 amide bonds. The van der Waals surface area contributed by atoms with Crippen molar-refractivity contribution < 1.29 is 81.8 Å². The molecule has 14 atom stereocenters. The summed E-state index contributed by atoms with van der Waals surface area (Å²) < 4.78 is 0. The number of hydrogen-bond acceptors (Lipinski definition) is 18. The quantitative estimate of drug-likeness (QED) is 0.0223. The Balaban J connectivity index is 3.03. The predicted octanol–water partition coefficient (Wildman–Crippen LogP) is -2.40. The monoisotopic (exact) mass is 1400 g/mol. The van der Waals surface area contributed by atoms with Gasteiger partial charge in [-0.3, -0.25) is 71.9 Å². The van der Waals surface area contributed by atoms with Crippen molar-refractivity contribution in [3.63, 3.8) is 0 Å². The zero-order chi connectivity index (χ0) is 75.4. The van der Waals surface area contributed by atoms with Crippen molar-refractivity contribution >= 4 is 95.0 Å². The topological polar surface area (TPSA) is 505 Å². The number of nitrogens with two attached hydrogens (primary N) is 2. The SMILES string of the molecule is CCC(C)[CH]C(=O)NC(C(=O)NC(CCCCN)C(=O)NC(C)C(=O)NCC(=O)N1CCCC1C(=O)NC(C)C(=O)NC(C(=O)NC(C)C(=O)NC(C(=O)NC(CC(C)C)C(=O)NCC(=O)NC(CCC(=O)O)C(=O)NC(C)C(=O)NC(C=O)CCCCN)C(C)C)C(C)CC)C(C)C.